The van der Waals surface area contributed by atoms with Crippen LogP contribution in [-0.4, -0.2) is 36.5 Å². The molecule has 3 nitrogen and oxygen atoms in total. The lowest BCUT2D eigenvalue weighted by Crippen LogP contribution is -2.27. The molecule has 2 heterocycles. The minimum absolute atomic E-state index is 0.480. The zero-order chi connectivity index (χ0) is 9.10. The second-order valence-corrected chi connectivity index (χ2v) is 3.96. The van der Waals surface area contributed by atoms with Gasteiger partial charge in [0.05, 0.1) is 11.9 Å². The van der Waals surface area contributed by atoms with E-state index in [2.05, 4.69) is 4.90 Å². The summed E-state index contributed by atoms with van der Waals surface area (Å²) in [5.74, 6) is 0.831. The molecule has 0 amide bonds. The first kappa shape index (κ1) is 9.00. The molecular formula is C10H18N2O. The Balaban J connectivity index is 1.69. The van der Waals surface area contributed by atoms with Crippen LogP contribution in [0.3, 0.4) is 0 Å². The predicted molar refractivity (Wildman–Crippen MR) is 52.1 cm³/mol. The monoisotopic (exact) mass is 182 g/mol. The molecule has 2 saturated heterocycles. The Bertz CT molecular complexity index is 187. The summed E-state index contributed by atoms with van der Waals surface area (Å²) in [7, 11) is 0. The van der Waals surface area contributed by atoms with Crippen LogP contribution in [0.15, 0.2) is 0 Å². The smallest absolute Gasteiger partial charge is 0.0958 e. The maximum absolute atomic E-state index is 7.67. The van der Waals surface area contributed by atoms with E-state index in [9.17, 15) is 0 Å². The van der Waals surface area contributed by atoms with Crippen molar-refractivity contribution in [2.75, 3.05) is 19.7 Å². The number of hydrogen-bond acceptors (Lipinski definition) is 2. The largest absolute Gasteiger partial charge is 0.378 e. The fourth-order valence-electron chi connectivity index (χ4n) is 2.15. The van der Waals surface area contributed by atoms with Gasteiger partial charge in [0, 0.05) is 26.1 Å². The minimum Gasteiger partial charge on any atom is -0.378 e. The van der Waals surface area contributed by atoms with Crippen LogP contribution in [-0.2, 0) is 4.74 Å². The Hall–Kier alpha value is -0.570. The van der Waals surface area contributed by atoms with Crippen molar-refractivity contribution in [3.63, 3.8) is 0 Å². The van der Waals surface area contributed by atoms with Gasteiger partial charge in [-0.1, -0.05) is 0 Å². The van der Waals surface area contributed by atoms with Crippen molar-refractivity contribution in [1.29, 1.82) is 5.41 Å². The summed E-state index contributed by atoms with van der Waals surface area (Å²) in [4.78, 5) is 2.20. The van der Waals surface area contributed by atoms with Crippen LogP contribution in [0.4, 0.5) is 0 Å². The van der Waals surface area contributed by atoms with Crippen molar-refractivity contribution in [2.24, 2.45) is 0 Å². The third-order valence-electron chi connectivity index (χ3n) is 2.97. The number of amidine groups is 1. The van der Waals surface area contributed by atoms with Crippen molar-refractivity contribution in [3.05, 3.63) is 0 Å². The lowest BCUT2D eigenvalue weighted by atomic mass is 10.2. The summed E-state index contributed by atoms with van der Waals surface area (Å²) in [6, 6.07) is 0. The molecule has 0 aromatic carbocycles. The Morgan fingerprint density at radius 2 is 2.38 bits per heavy atom. The third-order valence-corrected chi connectivity index (χ3v) is 2.97. The van der Waals surface area contributed by atoms with Crippen molar-refractivity contribution in [3.8, 4) is 0 Å². The van der Waals surface area contributed by atoms with Crippen molar-refractivity contribution < 1.29 is 4.74 Å². The first-order valence-corrected chi connectivity index (χ1v) is 5.30. The molecule has 13 heavy (non-hydrogen) atoms. The standard InChI is InChI=1S/C10H18N2O/c11-10-4-1-6-12(10)7-5-9-3-2-8-13-9/h9,11H,1-8H2. The Morgan fingerprint density at radius 1 is 1.46 bits per heavy atom. The van der Waals surface area contributed by atoms with Gasteiger partial charge in [-0.25, -0.2) is 0 Å². The van der Waals surface area contributed by atoms with Gasteiger partial charge in [-0.2, -0.15) is 0 Å². The number of nitrogens with one attached hydrogen (secondary N) is 1. The Kier molecular flexibility index (Phi) is 2.83. The number of likely N-dealkylation sites (tertiary alicyclic amines) is 1. The highest BCUT2D eigenvalue weighted by Crippen LogP contribution is 2.17. The van der Waals surface area contributed by atoms with E-state index in [-0.39, 0.29) is 0 Å². The van der Waals surface area contributed by atoms with E-state index in [1.807, 2.05) is 0 Å². The quantitative estimate of drug-likeness (QED) is 0.720. The van der Waals surface area contributed by atoms with Gasteiger partial charge in [-0.05, 0) is 25.7 Å². The number of ether oxygens (including phenoxy) is 1. The zero-order valence-corrected chi connectivity index (χ0v) is 8.09. The van der Waals surface area contributed by atoms with E-state index in [0.29, 0.717) is 6.10 Å². The van der Waals surface area contributed by atoms with Crippen LogP contribution in [0, 0.1) is 5.41 Å². The average molecular weight is 182 g/mol. The fourth-order valence-corrected chi connectivity index (χ4v) is 2.15. The van der Waals surface area contributed by atoms with Crippen molar-refractivity contribution in [1.82, 2.24) is 4.90 Å². The lowest BCUT2D eigenvalue weighted by molar-refractivity contribution is 0.0992. The molecule has 1 N–H and O–H groups in total. The number of nitrogens with zero attached hydrogens (tertiary/aromatic N) is 1. The number of rotatable bonds is 3. The summed E-state index contributed by atoms with van der Waals surface area (Å²) in [5, 5.41) is 7.67. The summed E-state index contributed by atoms with van der Waals surface area (Å²) in [6.07, 6.45) is 6.19. The highest BCUT2D eigenvalue weighted by atomic mass is 16.5. The molecule has 2 fully saturated rings. The third kappa shape index (κ3) is 2.21. The molecule has 0 spiro atoms. The second kappa shape index (κ2) is 4.09. The van der Waals surface area contributed by atoms with Gasteiger partial charge in [0.15, 0.2) is 0 Å². The lowest BCUT2D eigenvalue weighted by Gasteiger charge is -2.19. The fraction of sp³-hybridized carbons (Fsp3) is 0.900. The first-order chi connectivity index (χ1) is 6.36. The minimum atomic E-state index is 0.480. The SMILES string of the molecule is N=C1CCCN1CCC1CCCO1. The van der Waals surface area contributed by atoms with Crippen LogP contribution < -0.4 is 0 Å². The summed E-state index contributed by atoms with van der Waals surface area (Å²) < 4.78 is 5.55. The molecule has 3 heteroatoms. The van der Waals surface area contributed by atoms with Crippen LogP contribution in [0.5, 0.6) is 0 Å². The van der Waals surface area contributed by atoms with Crippen molar-refractivity contribution >= 4 is 5.84 Å². The molecule has 0 radical (unpaired) electrons. The summed E-state index contributed by atoms with van der Waals surface area (Å²) in [5.41, 5.74) is 0. The maximum Gasteiger partial charge on any atom is 0.0958 e. The van der Waals surface area contributed by atoms with Gasteiger partial charge in [0.25, 0.3) is 0 Å². The zero-order valence-electron chi connectivity index (χ0n) is 8.09. The molecule has 0 aliphatic carbocycles. The molecule has 2 aliphatic rings. The molecule has 2 rings (SSSR count). The molecule has 0 bridgehead atoms. The van der Waals surface area contributed by atoms with Crippen LogP contribution >= 0.6 is 0 Å². The summed E-state index contributed by atoms with van der Waals surface area (Å²) >= 11 is 0. The van der Waals surface area contributed by atoms with Gasteiger partial charge in [-0.3, -0.25) is 5.41 Å². The van der Waals surface area contributed by atoms with E-state index in [4.69, 9.17) is 10.1 Å². The van der Waals surface area contributed by atoms with Gasteiger partial charge < -0.3 is 9.64 Å². The molecule has 0 aromatic rings. The van der Waals surface area contributed by atoms with Gasteiger partial charge in [0.2, 0.25) is 0 Å². The highest BCUT2D eigenvalue weighted by Gasteiger charge is 2.20. The van der Waals surface area contributed by atoms with Crippen LogP contribution in [0.25, 0.3) is 0 Å². The highest BCUT2D eigenvalue weighted by molar-refractivity contribution is 5.80. The van der Waals surface area contributed by atoms with Crippen LogP contribution in [0.1, 0.15) is 32.1 Å². The number of hydrogen-bond donors (Lipinski definition) is 1. The van der Waals surface area contributed by atoms with Gasteiger partial charge in [-0.15, -0.1) is 0 Å². The summed E-state index contributed by atoms with van der Waals surface area (Å²) in [6.45, 7) is 3.07. The molecule has 1 atom stereocenters. The second-order valence-electron chi connectivity index (χ2n) is 3.96. The van der Waals surface area contributed by atoms with E-state index in [1.54, 1.807) is 0 Å². The molecule has 1 unspecified atom stereocenters. The molecular weight excluding hydrogens is 164 g/mol. The van der Waals surface area contributed by atoms with E-state index in [1.165, 1.54) is 19.3 Å². The Morgan fingerprint density at radius 3 is 3.00 bits per heavy atom. The molecule has 74 valence electrons. The Labute approximate surface area is 79.6 Å². The van der Waals surface area contributed by atoms with Crippen molar-refractivity contribution in [2.45, 2.75) is 38.2 Å². The first-order valence-electron chi connectivity index (χ1n) is 5.30. The van der Waals surface area contributed by atoms with E-state index >= 15 is 0 Å². The van der Waals surface area contributed by atoms with E-state index in [0.717, 1.165) is 38.4 Å². The van der Waals surface area contributed by atoms with E-state index < -0.39 is 0 Å². The average Bonchev–Trinajstić information content (AvgIpc) is 2.72. The topological polar surface area (TPSA) is 36.3 Å². The van der Waals surface area contributed by atoms with Gasteiger partial charge in [0.1, 0.15) is 0 Å². The molecule has 2 aliphatic heterocycles. The normalized spacial score (nSPS) is 28.8. The van der Waals surface area contributed by atoms with Gasteiger partial charge >= 0.3 is 0 Å². The molecule has 0 aromatic heterocycles. The maximum atomic E-state index is 7.67. The molecule has 0 saturated carbocycles. The van der Waals surface area contributed by atoms with Crippen LogP contribution in [0.2, 0.25) is 0 Å². The predicted octanol–water partition coefficient (Wildman–Crippen LogP) is 1.63.